The zero-order valence-electron chi connectivity index (χ0n) is 12.9. The summed E-state index contributed by atoms with van der Waals surface area (Å²) in [7, 11) is 0. The number of anilines is 2. The summed E-state index contributed by atoms with van der Waals surface area (Å²) >= 11 is 0. The van der Waals surface area contributed by atoms with Crippen LogP contribution in [0.5, 0.6) is 0 Å². The lowest BCUT2D eigenvalue weighted by Crippen LogP contribution is -2.46. The lowest BCUT2D eigenvalue weighted by molar-refractivity contribution is -0.126. The average molecular weight is 308 g/mol. The Labute approximate surface area is 136 Å². The van der Waals surface area contributed by atoms with Crippen molar-refractivity contribution in [3.8, 4) is 0 Å². The largest absolute Gasteiger partial charge is 0.344 e. The second-order valence-electron chi connectivity index (χ2n) is 5.71. The predicted octanol–water partition coefficient (Wildman–Crippen LogP) is 3.41. The number of hydrogen-bond acceptors (Lipinski definition) is 2. The molecule has 0 saturated carbocycles. The summed E-state index contributed by atoms with van der Waals surface area (Å²) < 4.78 is 0. The molecule has 0 aliphatic carbocycles. The van der Waals surface area contributed by atoms with Crippen molar-refractivity contribution in [1.82, 2.24) is 5.32 Å². The Morgan fingerprint density at radius 3 is 2.04 bits per heavy atom. The minimum Gasteiger partial charge on any atom is -0.344 e. The molecule has 1 fully saturated rings. The predicted molar refractivity (Wildman–Crippen MR) is 90.4 cm³/mol. The third-order valence-electron chi connectivity index (χ3n) is 4.03. The molecule has 2 amide bonds. The number of carbonyl (C=O) groups is 2. The van der Waals surface area contributed by atoms with Gasteiger partial charge >= 0.3 is 0 Å². The molecule has 1 saturated heterocycles. The van der Waals surface area contributed by atoms with Crippen molar-refractivity contribution in [2.75, 3.05) is 4.90 Å². The van der Waals surface area contributed by atoms with Gasteiger partial charge in [-0.15, -0.1) is 0 Å². The lowest BCUT2D eigenvalue weighted by atomic mass is 10.1. The standard InChI is InChI=1S/C19H20N2O2/c22-18-14-8-7-13-17(20-18)19(23)21(15-9-3-1-4-10-15)16-11-5-2-6-12-16/h1-6,9-12,17H,7-8,13-14H2,(H,20,22). The highest BCUT2D eigenvalue weighted by molar-refractivity contribution is 6.04. The monoisotopic (exact) mass is 308 g/mol. The van der Waals surface area contributed by atoms with Gasteiger partial charge in [-0.3, -0.25) is 14.5 Å². The third-order valence-corrected chi connectivity index (χ3v) is 4.03. The molecule has 0 bridgehead atoms. The van der Waals surface area contributed by atoms with E-state index in [0.717, 1.165) is 24.2 Å². The van der Waals surface area contributed by atoms with E-state index in [-0.39, 0.29) is 11.8 Å². The number of amides is 2. The van der Waals surface area contributed by atoms with Gasteiger partial charge in [0.05, 0.1) is 0 Å². The first kappa shape index (κ1) is 15.3. The average Bonchev–Trinajstić information content (AvgIpc) is 2.81. The molecule has 4 heteroatoms. The Balaban J connectivity index is 1.95. The summed E-state index contributed by atoms with van der Waals surface area (Å²) in [5, 5.41) is 2.87. The minimum absolute atomic E-state index is 0.0399. The third kappa shape index (κ3) is 3.59. The van der Waals surface area contributed by atoms with Crippen molar-refractivity contribution < 1.29 is 9.59 Å². The zero-order chi connectivity index (χ0) is 16.1. The summed E-state index contributed by atoms with van der Waals surface area (Å²) in [5.41, 5.74) is 1.62. The fourth-order valence-corrected chi connectivity index (χ4v) is 2.87. The highest BCUT2D eigenvalue weighted by atomic mass is 16.2. The molecule has 1 heterocycles. The highest BCUT2D eigenvalue weighted by Gasteiger charge is 2.29. The molecule has 2 aromatic rings. The minimum atomic E-state index is -0.467. The van der Waals surface area contributed by atoms with Crippen LogP contribution in [0.25, 0.3) is 0 Å². The molecule has 2 aromatic carbocycles. The van der Waals surface area contributed by atoms with Crippen LogP contribution in [-0.4, -0.2) is 17.9 Å². The second-order valence-corrected chi connectivity index (χ2v) is 5.71. The van der Waals surface area contributed by atoms with E-state index in [2.05, 4.69) is 5.32 Å². The number of benzene rings is 2. The lowest BCUT2D eigenvalue weighted by Gasteiger charge is -2.27. The van der Waals surface area contributed by atoms with Crippen molar-refractivity contribution in [3.63, 3.8) is 0 Å². The van der Waals surface area contributed by atoms with E-state index in [1.54, 1.807) is 4.90 Å². The Kier molecular flexibility index (Phi) is 4.71. The van der Waals surface area contributed by atoms with Gasteiger partial charge in [0, 0.05) is 17.8 Å². The van der Waals surface area contributed by atoms with Gasteiger partial charge in [-0.25, -0.2) is 0 Å². The molecule has 1 unspecified atom stereocenters. The first-order chi connectivity index (χ1) is 11.3. The second kappa shape index (κ2) is 7.09. The number of para-hydroxylation sites is 2. The van der Waals surface area contributed by atoms with E-state index in [0.29, 0.717) is 12.8 Å². The van der Waals surface area contributed by atoms with Crippen molar-refractivity contribution in [2.45, 2.75) is 31.7 Å². The van der Waals surface area contributed by atoms with E-state index in [1.807, 2.05) is 60.7 Å². The van der Waals surface area contributed by atoms with Crippen molar-refractivity contribution >= 4 is 23.2 Å². The van der Waals surface area contributed by atoms with Gasteiger partial charge in [0.2, 0.25) is 5.91 Å². The van der Waals surface area contributed by atoms with Crippen LogP contribution in [0.2, 0.25) is 0 Å². The van der Waals surface area contributed by atoms with Crippen LogP contribution < -0.4 is 10.2 Å². The van der Waals surface area contributed by atoms with E-state index < -0.39 is 6.04 Å². The summed E-state index contributed by atoms with van der Waals surface area (Å²) in [5.74, 6) is -0.125. The molecule has 0 radical (unpaired) electrons. The van der Waals surface area contributed by atoms with Crippen LogP contribution in [-0.2, 0) is 9.59 Å². The highest BCUT2D eigenvalue weighted by Crippen LogP contribution is 2.27. The Bertz CT molecular complexity index is 631. The molecule has 1 aliphatic rings. The number of rotatable bonds is 3. The number of nitrogens with one attached hydrogen (secondary N) is 1. The van der Waals surface area contributed by atoms with Crippen molar-refractivity contribution in [1.29, 1.82) is 0 Å². The van der Waals surface area contributed by atoms with Crippen LogP contribution >= 0.6 is 0 Å². The zero-order valence-corrected chi connectivity index (χ0v) is 12.9. The molecule has 1 atom stereocenters. The molecule has 118 valence electrons. The van der Waals surface area contributed by atoms with Gasteiger partial charge < -0.3 is 5.32 Å². The SMILES string of the molecule is O=C1CCCCC(C(=O)N(c2ccccc2)c2ccccc2)N1. The van der Waals surface area contributed by atoms with Gasteiger partial charge in [0.1, 0.15) is 6.04 Å². The fraction of sp³-hybridized carbons (Fsp3) is 0.263. The summed E-state index contributed by atoms with van der Waals surface area (Å²) in [6.07, 6.45) is 2.90. The van der Waals surface area contributed by atoms with E-state index in [4.69, 9.17) is 0 Å². The van der Waals surface area contributed by atoms with E-state index in [9.17, 15) is 9.59 Å². The Hall–Kier alpha value is -2.62. The molecule has 1 N–H and O–H groups in total. The number of carbonyl (C=O) groups excluding carboxylic acids is 2. The van der Waals surface area contributed by atoms with Crippen LogP contribution in [0.15, 0.2) is 60.7 Å². The smallest absolute Gasteiger partial charge is 0.254 e. The first-order valence-electron chi connectivity index (χ1n) is 7.99. The summed E-state index contributed by atoms with van der Waals surface area (Å²) in [6, 6.07) is 18.6. The maximum absolute atomic E-state index is 13.1. The van der Waals surface area contributed by atoms with Crippen LogP contribution in [0.1, 0.15) is 25.7 Å². The van der Waals surface area contributed by atoms with Crippen molar-refractivity contribution in [2.24, 2.45) is 0 Å². The number of hydrogen-bond donors (Lipinski definition) is 1. The number of nitrogens with zero attached hydrogens (tertiary/aromatic N) is 1. The van der Waals surface area contributed by atoms with E-state index >= 15 is 0 Å². The molecule has 23 heavy (non-hydrogen) atoms. The molecule has 3 rings (SSSR count). The van der Waals surface area contributed by atoms with Crippen LogP contribution in [0.4, 0.5) is 11.4 Å². The maximum Gasteiger partial charge on any atom is 0.254 e. The van der Waals surface area contributed by atoms with Gasteiger partial charge in [-0.05, 0) is 37.1 Å². The molecular weight excluding hydrogens is 288 g/mol. The van der Waals surface area contributed by atoms with Crippen molar-refractivity contribution in [3.05, 3.63) is 60.7 Å². The van der Waals surface area contributed by atoms with Crippen LogP contribution in [0, 0.1) is 0 Å². The fourth-order valence-electron chi connectivity index (χ4n) is 2.87. The molecule has 4 nitrogen and oxygen atoms in total. The maximum atomic E-state index is 13.1. The topological polar surface area (TPSA) is 49.4 Å². The van der Waals surface area contributed by atoms with Crippen LogP contribution in [0.3, 0.4) is 0 Å². The van der Waals surface area contributed by atoms with Gasteiger partial charge in [0.25, 0.3) is 5.91 Å². The summed E-state index contributed by atoms with van der Waals surface area (Å²) in [4.78, 5) is 26.6. The quantitative estimate of drug-likeness (QED) is 0.944. The molecule has 1 aliphatic heterocycles. The Morgan fingerprint density at radius 2 is 1.48 bits per heavy atom. The van der Waals surface area contributed by atoms with Gasteiger partial charge in [-0.1, -0.05) is 42.8 Å². The first-order valence-corrected chi connectivity index (χ1v) is 7.99. The molecular formula is C19H20N2O2. The van der Waals surface area contributed by atoms with Gasteiger partial charge in [-0.2, -0.15) is 0 Å². The Morgan fingerprint density at radius 1 is 0.913 bits per heavy atom. The van der Waals surface area contributed by atoms with Gasteiger partial charge in [0.15, 0.2) is 0 Å². The summed E-state index contributed by atoms with van der Waals surface area (Å²) in [6.45, 7) is 0. The molecule has 0 spiro atoms. The van der Waals surface area contributed by atoms with E-state index in [1.165, 1.54) is 0 Å². The normalized spacial score (nSPS) is 17.9. The molecule has 0 aromatic heterocycles.